The summed E-state index contributed by atoms with van der Waals surface area (Å²) in [7, 11) is -3.73. The number of amides is 1. The van der Waals surface area contributed by atoms with E-state index in [1.54, 1.807) is 32.6 Å². The topological polar surface area (TPSA) is 84.0 Å². The lowest BCUT2D eigenvalue weighted by molar-refractivity contribution is 0.000101. The first-order valence-electron chi connectivity index (χ1n) is 8.97. The largest absolute Gasteiger partial charge is 0.444 e. The number of nitrogens with zero attached hydrogens (tertiary/aromatic N) is 2. The van der Waals surface area contributed by atoms with Gasteiger partial charge >= 0.3 is 6.09 Å². The highest BCUT2D eigenvalue weighted by atomic mass is 32.2. The monoisotopic (exact) mass is 396 g/mol. The quantitative estimate of drug-likeness (QED) is 0.734. The molecule has 0 aromatic heterocycles. The van der Waals surface area contributed by atoms with E-state index in [1.165, 1.54) is 35.5 Å². The van der Waals surface area contributed by atoms with Gasteiger partial charge in [-0.25, -0.2) is 13.2 Å². The van der Waals surface area contributed by atoms with E-state index in [2.05, 4.69) is 0 Å². The van der Waals surface area contributed by atoms with Gasteiger partial charge in [-0.15, -0.1) is 0 Å². The van der Waals surface area contributed by atoms with Gasteiger partial charge in [0.05, 0.1) is 4.90 Å². The Labute approximate surface area is 161 Å². The van der Waals surface area contributed by atoms with Crippen molar-refractivity contribution in [1.82, 2.24) is 9.21 Å². The van der Waals surface area contributed by atoms with Crippen LogP contribution in [0.15, 0.2) is 29.2 Å². The standard InChI is InChI=1S/C19H28N2O5S/c1-13-14(2)21(12-11-20(13)18(23)26-19(4,5)6)27(24,25)17-9-7-16(8-10-17)15(3)22/h7-10,13-14H,11-12H2,1-6H3/t13-,14-/m0/s1. The minimum atomic E-state index is -3.73. The molecule has 1 amide bonds. The molecule has 0 bridgehead atoms. The van der Waals surface area contributed by atoms with Crippen LogP contribution >= 0.6 is 0 Å². The van der Waals surface area contributed by atoms with E-state index in [1.807, 2.05) is 6.92 Å². The summed E-state index contributed by atoms with van der Waals surface area (Å²) in [6.45, 7) is 10.9. The summed E-state index contributed by atoms with van der Waals surface area (Å²) in [5.74, 6) is -0.119. The maximum atomic E-state index is 13.0. The molecule has 1 fully saturated rings. The van der Waals surface area contributed by atoms with Gasteiger partial charge in [0, 0.05) is 30.7 Å². The zero-order chi connectivity index (χ0) is 20.6. The molecule has 0 radical (unpaired) electrons. The summed E-state index contributed by atoms with van der Waals surface area (Å²) in [4.78, 5) is 25.5. The van der Waals surface area contributed by atoms with Gasteiger partial charge in [0.2, 0.25) is 10.0 Å². The van der Waals surface area contributed by atoms with Gasteiger partial charge in [0.15, 0.2) is 5.78 Å². The summed E-state index contributed by atoms with van der Waals surface area (Å²) in [6.07, 6.45) is -0.440. The third-order valence-electron chi connectivity index (χ3n) is 4.70. The van der Waals surface area contributed by atoms with E-state index < -0.39 is 27.8 Å². The van der Waals surface area contributed by atoms with Gasteiger partial charge in [-0.3, -0.25) is 4.79 Å². The van der Waals surface area contributed by atoms with Gasteiger partial charge in [-0.05, 0) is 53.7 Å². The smallest absolute Gasteiger partial charge is 0.410 e. The average molecular weight is 397 g/mol. The Bertz CT molecular complexity index is 811. The molecule has 2 rings (SSSR count). The van der Waals surface area contributed by atoms with Gasteiger partial charge < -0.3 is 9.64 Å². The molecule has 7 nitrogen and oxygen atoms in total. The van der Waals surface area contributed by atoms with Crippen LogP contribution in [-0.4, -0.2) is 60.3 Å². The Kier molecular flexibility index (Phi) is 6.01. The molecule has 1 aromatic carbocycles. The number of ketones is 1. The van der Waals surface area contributed by atoms with Gasteiger partial charge in [0.25, 0.3) is 0 Å². The molecule has 0 aliphatic carbocycles. The van der Waals surface area contributed by atoms with Crippen LogP contribution in [0.2, 0.25) is 0 Å². The molecule has 8 heteroatoms. The van der Waals surface area contributed by atoms with Crippen LogP contribution in [0.3, 0.4) is 0 Å². The number of sulfonamides is 1. The van der Waals surface area contributed by atoms with E-state index in [-0.39, 0.29) is 29.8 Å². The summed E-state index contributed by atoms with van der Waals surface area (Å²) in [5, 5.41) is 0. The second kappa shape index (κ2) is 7.59. The molecule has 1 aliphatic rings. The van der Waals surface area contributed by atoms with Crippen molar-refractivity contribution in [1.29, 1.82) is 0 Å². The number of ether oxygens (including phenoxy) is 1. The van der Waals surface area contributed by atoms with Crippen molar-refractivity contribution >= 4 is 21.9 Å². The molecular weight excluding hydrogens is 368 g/mol. The lowest BCUT2D eigenvalue weighted by atomic mass is 10.1. The fourth-order valence-electron chi connectivity index (χ4n) is 3.03. The van der Waals surface area contributed by atoms with E-state index >= 15 is 0 Å². The molecule has 1 saturated heterocycles. The van der Waals surface area contributed by atoms with E-state index in [0.717, 1.165) is 0 Å². The third-order valence-corrected chi connectivity index (χ3v) is 6.70. The first-order chi connectivity index (χ1) is 12.3. The second-order valence-corrected chi connectivity index (χ2v) is 9.74. The molecule has 27 heavy (non-hydrogen) atoms. The van der Waals surface area contributed by atoms with Crippen molar-refractivity contribution < 1.29 is 22.7 Å². The number of hydrogen-bond donors (Lipinski definition) is 0. The summed E-state index contributed by atoms with van der Waals surface area (Å²) in [6, 6.07) is 5.18. The molecule has 0 unspecified atom stereocenters. The zero-order valence-electron chi connectivity index (χ0n) is 16.7. The number of carbonyl (C=O) groups excluding carboxylic acids is 2. The normalized spacial score (nSPS) is 21.8. The maximum absolute atomic E-state index is 13.0. The van der Waals surface area contributed by atoms with Crippen molar-refractivity contribution in [3.05, 3.63) is 29.8 Å². The highest BCUT2D eigenvalue weighted by molar-refractivity contribution is 7.89. The summed E-state index contributed by atoms with van der Waals surface area (Å²) in [5.41, 5.74) is -0.146. The van der Waals surface area contributed by atoms with Gasteiger partial charge in [-0.1, -0.05) is 12.1 Å². The number of piperazine rings is 1. The molecule has 1 heterocycles. The van der Waals surface area contributed by atoms with Crippen molar-refractivity contribution in [2.24, 2.45) is 0 Å². The Morgan fingerprint density at radius 3 is 2.07 bits per heavy atom. The number of carbonyl (C=O) groups is 2. The van der Waals surface area contributed by atoms with E-state index in [0.29, 0.717) is 5.56 Å². The molecule has 0 spiro atoms. The molecule has 0 N–H and O–H groups in total. The van der Waals surface area contributed by atoms with Crippen molar-refractivity contribution in [3.63, 3.8) is 0 Å². The SMILES string of the molecule is CC(=O)c1ccc(S(=O)(=O)N2CCN(C(=O)OC(C)(C)C)[C@@H](C)[C@@H]2C)cc1. The Morgan fingerprint density at radius 2 is 1.59 bits per heavy atom. The van der Waals surface area contributed by atoms with Crippen LogP contribution in [0, 0.1) is 0 Å². The van der Waals surface area contributed by atoms with Crippen LogP contribution in [0.5, 0.6) is 0 Å². The molecule has 2 atom stereocenters. The molecule has 0 saturated carbocycles. The molecular formula is C19H28N2O5S. The Balaban J connectivity index is 2.21. The maximum Gasteiger partial charge on any atom is 0.410 e. The molecule has 150 valence electrons. The second-order valence-electron chi connectivity index (χ2n) is 7.85. The number of benzene rings is 1. The average Bonchev–Trinajstić information content (AvgIpc) is 2.55. The van der Waals surface area contributed by atoms with Crippen LogP contribution < -0.4 is 0 Å². The predicted octanol–water partition coefficient (Wildman–Crippen LogP) is 2.91. The predicted molar refractivity (Wildman–Crippen MR) is 102 cm³/mol. The van der Waals surface area contributed by atoms with Gasteiger partial charge in [-0.2, -0.15) is 4.31 Å². The van der Waals surface area contributed by atoms with E-state index in [4.69, 9.17) is 4.74 Å². The fourth-order valence-corrected chi connectivity index (χ4v) is 4.72. The first-order valence-corrected chi connectivity index (χ1v) is 10.4. The minimum Gasteiger partial charge on any atom is -0.444 e. The Morgan fingerprint density at radius 1 is 1.04 bits per heavy atom. The highest BCUT2D eigenvalue weighted by Gasteiger charge is 2.41. The minimum absolute atomic E-state index is 0.119. The van der Waals surface area contributed by atoms with Crippen molar-refractivity contribution in [3.8, 4) is 0 Å². The summed E-state index contributed by atoms with van der Waals surface area (Å²) >= 11 is 0. The lowest BCUT2D eigenvalue weighted by Gasteiger charge is -2.44. The molecule has 1 aliphatic heterocycles. The van der Waals surface area contributed by atoms with Crippen LogP contribution in [0.4, 0.5) is 4.79 Å². The van der Waals surface area contributed by atoms with Crippen LogP contribution in [-0.2, 0) is 14.8 Å². The number of hydrogen-bond acceptors (Lipinski definition) is 5. The van der Waals surface area contributed by atoms with Gasteiger partial charge in [0.1, 0.15) is 5.60 Å². The fraction of sp³-hybridized carbons (Fsp3) is 0.579. The lowest BCUT2D eigenvalue weighted by Crippen LogP contribution is -2.60. The van der Waals surface area contributed by atoms with E-state index in [9.17, 15) is 18.0 Å². The van der Waals surface area contributed by atoms with Crippen LogP contribution in [0.1, 0.15) is 51.9 Å². The first kappa shape index (κ1) is 21.4. The highest BCUT2D eigenvalue weighted by Crippen LogP contribution is 2.26. The molecule has 1 aromatic rings. The number of Topliss-reactive ketones (excluding diaryl/α,β-unsaturated/α-hetero) is 1. The third kappa shape index (κ3) is 4.68. The van der Waals surface area contributed by atoms with Crippen molar-refractivity contribution in [2.45, 2.75) is 64.1 Å². The summed E-state index contributed by atoms with van der Waals surface area (Å²) < 4.78 is 32.9. The van der Waals surface area contributed by atoms with Crippen LogP contribution in [0.25, 0.3) is 0 Å². The zero-order valence-corrected chi connectivity index (χ0v) is 17.5. The Hall–Kier alpha value is -1.93. The van der Waals surface area contributed by atoms with Crippen molar-refractivity contribution in [2.75, 3.05) is 13.1 Å². The number of rotatable bonds is 3.